The number of aromatic nitrogens is 3. The Bertz CT molecular complexity index is 1330. The lowest BCUT2D eigenvalue weighted by Crippen LogP contribution is -2.17. The number of nitrogens with zero attached hydrogens (tertiary/aromatic N) is 4. The summed E-state index contributed by atoms with van der Waals surface area (Å²) in [5.74, 6) is -0.111. The second-order valence-electron chi connectivity index (χ2n) is 7.82. The van der Waals surface area contributed by atoms with E-state index in [4.69, 9.17) is 4.98 Å². The Kier molecular flexibility index (Phi) is 6.14. The predicted molar refractivity (Wildman–Crippen MR) is 128 cm³/mol. The van der Waals surface area contributed by atoms with Crippen molar-refractivity contribution in [2.45, 2.75) is 31.6 Å². The van der Waals surface area contributed by atoms with Crippen molar-refractivity contribution in [1.82, 2.24) is 19.5 Å². The number of para-hydroxylation sites is 1. The summed E-state index contributed by atoms with van der Waals surface area (Å²) in [4.78, 5) is 31.8. The number of fused-ring (bicyclic) bond motifs is 3. The molecule has 0 aliphatic rings. The number of amides is 2. The third-order valence-electron chi connectivity index (χ3n) is 5.34. The van der Waals surface area contributed by atoms with Gasteiger partial charge in [0.2, 0.25) is 5.91 Å². The zero-order valence-electron chi connectivity index (χ0n) is 18.5. The van der Waals surface area contributed by atoms with Crippen LogP contribution in [0.25, 0.3) is 16.6 Å². The van der Waals surface area contributed by atoms with E-state index >= 15 is 0 Å². The van der Waals surface area contributed by atoms with E-state index in [1.54, 1.807) is 14.1 Å². The average molecular weight is 448 g/mol. The van der Waals surface area contributed by atoms with Crippen LogP contribution < -0.4 is 5.32 Å². The summed E-state index contributed by atoms with van der Waals surface area (Å²) < 4.78 is 1.86. The van der Waals surface area contributed by atoms with Gasteiger partial charge in [-0.2, -0.15) is 5.10 Å². The number of rotatable bonds is 5. The van der Waals surface area contributed by atoms with Crippen molar-refractivity contribution in [3.63, 3.8) is 0 Å². The zero-order valence-corrected chi connectivity index (χ0v) is 19.4. The maximum atomic E-state index is 12.7. The molecular formula is C24H25N5O2S. The first kappa shape index (κ1) is 21.8. The monoisotopic (exact) mass is 447 g/mol. The third kappa shape index (κ3) is 4.31. The minimum atomic E-state index is -0.111. The van der Waals surface area contributed by atoms with E-state index in [0.29, 0.717) is 18.5 Å². The number of carbonyl (C=O) groups excluding carboxylic acids is 2. The fraction of sp³-hybridized carbons (Fsp3) is 0.250. The second kappa shape index (κ2) is 9.00. The molecule has 0 bridgehead atoms. The van der Waals surface area contributed by atoms with Crippen molar-refractivity contribution in [2.75, 3.05) is 19.4 Å². The lowest BCUT2D eigenvalue weighted by atomic mass is 10.1. The minimum Gasteiger partial charge on any atom is -0.339 e. The predicted octanol–water partition coefficient (Wildman–Crippen LogP) is 4.84. The smallest absolute Gasteiger partial charge is 0.286 e. The Labute approximate surface area is 190 Å². The van der Waals surface area contributed by atoms with E-state index in [9.17, 15) is 9.59 Å². The Morgan fingerprint density at radius 2 is 1.78 bits per heavy atom. The number of benzene rings is 2. The normalized spacial score (nSPS) is 11.1. The molecule has 2 amide bonds. The molecule has 0 aliphatic heterocycles. The maximum Gasteiger partial charge on any atom is 0.286 e. The number of aryl methyl sites for hydroxylation is 2. The molecule has 164 valence electrons. The van der Waals surface area contributed by atoms with Gasteiger partial charge in [-0.15, -0.1) is 0 Å². The van der Waals surface area contributed by atoms with Crippen LogP contribution in [0.3, 0.4) is 0 Å². The summed E-state index contributed by atoms with van der Waals surface area (Å²) >= 11 is 1.09. The highest BCUT2D eigenvalue weighted by atomic mass is 32.2. The van der Waals surface area contributed by atoms with Crippen LogP contribution in [0.2, 0.25) is 0 Å². The van der Waals surface area contributed by atoms with Gasteiger partial charge >= 0.3 is 0 Å². The number of anilines is 1. The van der Waals surface area contributed by atoms with E-state index < -0.39 is 0 Å². The number of nitrogens with one attached hydrogen (secondary N) is 1. The molecule has 0 saturated heterocycles. The Balaban J connectivity index is 1.51. The van der Waals surface area contributed by atoms with Crippen LogP contribution in [-0.4, -0.2) is 44.7 Å². The number of thioether (sulfide) groups is 1. The molecule has 0 saturated carbocycles. The molecule has 8 heteroatoms. The quantitative estimate of drug-likeness (QED) is 0.443. The maximum absolute atomic E-state index is 12.7. The lowest BCUT2D eigenvalue weighted by molar-refractivity contribution is -0.116. The summed E-state index contributed by atoms with van der Waals surface area (Å²) in [5, 5.41) is 8.55. The standard InChI is InChI=1S/C24H25N5O2S/c1-15-17(16(2)29-23(25-15)18-9-5-6-10-19(18)27-29)13-14-22(30)26-20-11-7-8-12-21(20)32-24(31)28(3)4/h5-12H,13-14H2,1-4H3,(H,26,30). The molecule has 1 N–H and O–H groups in total. The number of hydrogen-bond donors (Lipinski definition) is 1. The van der Waals surface area contributed by atoms with Crippen molar-refractivity contribution in [1.29, 1.82) is 0 Å². The molecule has 0 aliphatic carbocycles. The van der Waals surface area contributed by atoms with Gasteiger partial charge in [-0.05, 0) is 61.9 Å². The highest BCUT2D eigenvalue weighted by Crippen LogP contribution is 2.29. The average Bonchev–Trinajstić information content (AvgIpc) is 3.13. The molecule has 4 aromatic rings. The first-order valence-electron chi connectivity index (χ1n) is 10.4. The third-order valence-corrected chi connectivity index (χ3v) is 6.46. The molecule has 0 atom stereocenters. The van der Waals surface area contributed by atoms with Crippen LogP contribution >= 0.6 is 11.8 Å². The summed E-state index contributed by atoms with van der Waals surface area (Å²) in [7, 11) is 3.41. The Morgan fingerprint density at radius 3 is 2.56 bits per heavy atom. The molecule has 0 fully saturated rings. The van der Waals surface area contributed by atoms with Gasteiger partial charge in [-0.3, -0.25) is 9.59 Å². The van der Waals surface area contributed by atoms with E-state index in [1.165, 1.54) is 4.90 Å². The molecular weight excluding hydrogens is 422 g/mol. The lowest BCUT2D eigenvalue weighted by Gasteiger charge is -2.14. The number of hydrogen-bond acceptors (Lipinski definition) is 5. The Hall–Kier alpha value is -3.39. The van der Waals surface area contributed by atoms with Gasteiger partial charge in [0.25, 0.3) is 5.24 Å². The van der Waals surface area contributed by atoms with E-state index in [0.717, 1.165) is 50.2 Å². The van der Waals surface area contributed by atoms with Crippen LogP contribution in [-0.2, 0) is 11.2 Å². The van der Waals surface area contributed by atoms with Gasteiger partial charge < -0.3 is 10.2 Å². The first-order chi connectivity index (χ1) is 15.3. The fourth-order valence-electron chi connectivity index (χ4n) is 3.63. The fourth-order valence-corrected chi connectivity index (χ4v) is 4.38. The molecule has 0 unspecified atom stereocenters. The van der Waals surface area contributed by atoms with Gasteiger partial charge in [0.15, 0.2) is 5.65 Å². The van der Waals surface area contributed by atoms with Crippen molar-refractivity contribution in [2.24, 2.45) is 0 Å². The SMILES string of the molecule is Cc1nc2c3ccccc3nn2c(C)c1CCC(=O)Nc1ccccc1SC(=O)N(C)C. The molecule has 32 heavy (non-hydrogen) atoms. The van der Waals surface area contributed by atoms with Crippen LogP contribution in [0.1, 0.15) is 23.4 Å². The van der Waals surface area contributed by atoms with Crippen LogP contribution in [0.15, 0.2) is 53.4 Å². The van der Waals surface area contributed by atoms with Crippen LogP contribution in [0.5, 0.6) is 0 Å². The molecule has 2 aromatic heterocycles. The van der Waals surface area contributed by atoms with Gasteiger partial charge in [0.1, 0.15) is 0 Å². The van der Waals surface area contributed by atoms with E-state index in [2.05, 4.69) is 10.4 Å². The molecule has 4 rings (SSSR count). The highest BCUT2D eigenvalue weighted by Gasteiger charge is 2.16. The van der Waals surface area contributed by atoms with Crippen molar-refractivity contribution < 1.29 is 9.59 Å². The molecule has 2 aromatic carbocycles. The van der Waals surface area contributed by atoms with Gasteiger partial charge in [0, 0.05) is 42.2 Å². The molecule has 0 radical (unpaired) electrons. The molecule has 0 spiro atoms. The zero-order chi connectivity index (χ0) is 22.8. The van der Waals surface area contributed by atoms with E-state index in [-0.39, 0.29) is 11.1 Å². The summed E-state index contributed by atoms with van der Waals surface area (Å²) in [6, 6.07) is 15.3. The second-order valence-corrected chi connectivity index (χ2v) is 8.81. The summed E-state index contributed by atoms with van der Waals surface area (Å²) in [6.07, 6.45) is 0.852. The molecule has 2 heterocycles. The highest BCUT2D eigenvalue weighted by molar-refractivity contribution is 8.13. The topological polar surface area (TPSA) is 79.6 Å². The van der Waals surface area contributed by atoms with Gasteiger partial charge in [-0.25, -0.2) is 9.50 Å². The van der Waals surface area contributed by atoms with Gasteiger partial charge in [0.05, 0.1) is 11.2 Å². The largest absolute Gasteiger partial charge is 0.339 e. The summed E-state index contributed by atoms with van der Waals surface area (Å²) in [6.45, 7) is 3.99. The summed E-state index contributed by atoms with van der Waals surface area (Å²) in [5.41, 5.74) is 5.29. The Morgan fingerprint density at radius 1 is 1.06 bits per heavy atom. The molecule has 7 nitrogen and oxygen atoms in total. The minimum absolute atomic E-state index is 0.0936. The number of carbonyl (C=O) groups is 2. The van der Waals surface area contributed by atoms with Crippen LogP contribution in [0, 0.1) is 13.8 Å². The van der Waals surface area contributed by atoms with Crippen LogP contribution in [0.4, 0.5) is 10.5 Å². The van der Waals surface area contributed by atoms with Crippen molar-refractivity contribution in [3.8, 4) is 0 Å². The van der Waals surface area contributed by atoms with E-state index in [1.807, 2.05) is 66.9 Å². The van der Waals surface area contributed by atoms with Gasteiger partial charge in [-0.1, -0.05) is 24.3 Å². The van der Waals surface area contributed by atoms with Crippen molar-refractivity contribution in [3.05, 3.63) is 65.5 Å². The van der Waals surface area contributed by atoms with Crippen molar-refractivity contribution >= 4 is 45.1 Å². The first-order valence-corrected chi connectivity index (χ1v) is 11.2.